The van der Waals surface area contributed by atoms with Gasteiger partial charge in [0.1, 0.15) is 11.8 Å². The number of carbonyl (C=O) groups is 1. The molecule has 2 N–H and O–H groups in total. The molecule has 182 valence electrons. The van der Waals surface area contributed by atoms with Gasteiger partial charge in [-0.1, -0.05) is 56.5 Å². The smallest absolute Gasteiger partial charge is 0.286 e. The second kappa shape index (κ2) is 11.8. The molecule has 0 bridgehead atoms. The fourth-order valence-corrected chi connectivity index (χ4v) is 3.94. The minimum Gasteiger partial charge on any atom is -0.454 e. The minimum atomic E-state index is -0.607. The van der Waals surface area contributed by atoms with Gasteiger partial charge in [-0.15, -0.1) is 0 Å². The zero-order valence-electron chi connectivity index (χ0n) is 20.0. The number of allylic oxidation sites excluding steroid dienone is 1. The summed E-state index contributed by atoms with van der Waals surface area (Å²) < 4.78 is 6.04. The number of nitrogens with one attached hydrogen (secondary N) is 2. The fourth-order valence-electron chi connectivity index (χ4n) is 3.39. The summed E-state index contributed by atoms with van der Waals surface area (Å²) in [4.78, 5) is 15.5. The van der Waals surface area contributed by atoms with Gasteiger partial charge in [0.15, 0.2) is 5.75 Å². The van der Waals surface area contributed by atoms with Crippen molar-refractivity contribution in [3.05, 3.63) is 64.4 Å². The van der Waals surface area contributed by atoms with Gasteiger partial charge in [-0.05, 0) is 48.2 Å². The number of halogens is 2. The topological polar surface area (TPSA) is 93.5 Å². The average molecular weight is 512 g/mol. The van der Waals surface area contributed by atoms with E-state index in [2.05, 4.69) is 29.2 Å². The molecule has 0 atom stereocenters. The molecule has 0 saturated heterocycles. The summed E-state index contributed by atoms with van der Waals surface area (Å²) in [5.74, 6) is 0.648. The highest BCUT2D eigenvalue weighted by Crippen LogP contribution is 2.40. The Bertz CT molecular complexity index is 1300. The highest BCUT2D eigenvalue weighted by Gasteiger charge is 2.16. The van der Waals surface area contributed by atoms with E-state index in [0.717, 1.165) is 23.7 Å². The van der Waals surface area contributed by atoms with Crippen molar-refractivity contribution >= 4 is 51.4 Å². The Balaban J connectivity index is 1.82. The van der Waals surface area contributed by atoms with Crippen LogP contribution in [-0.2, 0) is 4.79 Å². The number of fused-ring (bicyclic) bond motifs is 1. The van der Waals surface area contributed by atoms with Crippen LogP contribution in [0.4, 0.5) is 5.69 Å². The third-order valence-corrected chi connectivity index (χ3v) is 5.80. The molecule has 0 fully saturated rings. The van der Waals surface area contributed by atoms with Gasteiger partial charge in [0.2, 0.25) is 5.71 Å². The standard InChI is InChI=1S/C26H27Cl2N5O2/c1-5-6-7-10-30-26(34)24(14-29)32-33(4)17-11-21(27)25(22(28)12-17)35-18-8-9-23-19(13-18)20(15-31-23)16(2)3/h7-13,15-16,31H,5-6H2,1-4H3,(H,30,34)/b10-7-,32-24-. The van der Waals surface area contributed by atoms with Crippen LogP contribution in [0, 0.1) is 11.3 Å². The van der Waals surface area contributed by atoms with Crippen molar-refractivity contribution < 1.29 is 9.53 Å². The van der Waals surface area contributed by atoms with E-state index >= 15 is 0 Å². The SMILES string of the molecule is CCC/C=C\NC(=O)/C(C#N)=N\N(C)c1cc(Cl)c(Oc2ccc3[nH]cc(C(C)C)c3c2)c(Cl)c1. The minimum absolute atomic E-state index is 0.262. The Morgan fingerprint density at radius 3 is 2.63 bits per heavy atom. The summed E-state index contributed by atoms with van der Waals surface area (Å²) in [7, 11) is 1.59. The van der Waals surface area contributed by atoms with E-state index in [4.69, 9.17) is 27.9 Å². The lowest BCUT2D eigenvalue weighted by Crippen LogP contribution is -2.28. The Morgan fingerprint density at radius 2 is 2.00 bits per heavy atom. The number of ether oxygens (including phenoxy) is 1. The van der Waals surface area contributed by atoms with Crippen molar-refractivity contribution in [1.29, 1.82) is 5.26 Å². The van der Waals surface area contributed by atoms with Crippen LogP contribution >= 0.6 is 23.2 Å². The number of hydrogen-bond acceptors (Lipinski definition) is 5. The first kappa shape index (κ1) is 26.1. The van der Waals surface area contributed by atoms with Crippen LogP contribution in [0.15, 0.2) is 53.9 Å². The predicted octanol–water partition coefficient (Wildman–Crippen LogP) is 7.14. The number of hydrazone groups is 1. The summed E-state index contributed by atoms with van der Waals surface area (Å²) in [6.45, 7) is 6.29. The second-order valence-electron chi connectivity index (χ2n) is 8.20. The summed E-state index contributed by atoms with van der Waals surface area (Å²) in [6, 6.07) is 10.8. The van der Waals surface area contributed by atoms with Crippen molar-refractivity contribution in [2.24, 2.45) is 5.10 Å². The molecule has 7 nitrogen and oxygen atoms in total. The first-order chi connectivity index (χ1) is 16.7. The van der Waals surface area contributed by atoms with E-state index in [9.17, 15) is 10.1 Å². The molecule has 3 aromatic rings. The van der Waals surface area contributed by atoms with Crippen molar-refractivity contribution in [3.63, 3.8) is 0 Å². The third kappa shape index (κ3) is 6.36. The first-order valence-corrected chi connectivity index (χ1v) is 12.0. The second-order valence-corrected chi connectivity index (χ2v) is 9.01. The van der Waals surface area contributed by atoms with Crippen LogP contribution in [0.2, 0.25) is 10.0 Å². The number of anilines is 1. The number of H-pyrrole nitrogens is 1. The number of aromatic nitrogens is 1. The average Bonchev–Trinajstić information content (AvgIpc) is 3.25. The molecule has 1 heterocycles. The van der Waals surface area contributed by atoms with E-state index in [1.165, 1.54) is 16.8 Å². The molecule has 0 spiro atoms. The number of hydrogen-bond donors (Lipinski definition) is 2. The largest absolute Gasteiger partial charge is 0.454 e. The number of nitriles is 1. The van der Waals surface area contributed by atoms with E-state index in [-0.39, 0.29) is 15.8 Å². The summed E-state index contributed by atoms with van der Waals surface area (Å²) in [5, 5.41) is 18.9. The van der Waals surface area contributed by atoms with E-state index in [0.29, 0.717) is 23.1 Å². The molecule has 0 radical (unpaired) electrons. The molecule has 3 rings (SSSR count). The molecule has 0 saturated carbocycles. The number of rotatable bonds is 9. The maximum absolute atomic E-state index is 12.2. The van der Waals surface area contributed by atoms with Crippen molar-refractivity contribution in [1.82, 2.24) is 10.3 Å². The quantitative estimate of drug-likeness (QED) is 0.235. The number of benzene rings is 2. The molecule has 1 amide bonds. The summed E-state index contributed by atoms with van der Waals surface area (Å²) >= 11 is 13.0. The fraction of sp³-hybridized carbons (Fsp3) is 0.269. The molecular formula is C26H27Cl2N5O2. The van der Waals surface area contributed by atoms with Gasteiger partial charge in [-0.3, -0.25) is 9.80 Å². The monoisotopic (exact) mass is 511 g/mol. The lowest BCUT2D eigenvalue weighted by Gasteiger charge is -2.17. The van der Waals surface area contributed by atoms with Gasteiger partial charge in [-0.25, -0.2) is 0 Å². The summed E-state index contributed by atoms with van der Waals surface area (Å²) in [6.07, 6.45) is 7.10. The normalized spacial score (nSPS) is 11.8. The van der Waals surface area contributed by atoms with Crippen molar-refractivity contribution in [3.8, 4) is 17.6 Å². The highest BCUT2D eigenvalue weighted by atomic mass is 35.5. The number of unbranched alkanes of at least 4 members (excludes halogenated alkanes) is 1. The van der Waals surface area contributed by atoms with Gasteiger partial charge in [0.05, 0.1) is 15.7 Å². The zero-order valence-corrected chi connectivity index (χ0v) is 21.5. The van der Waals surface area contributed by atoms with Crippen LogP contribution in [0.5, 0.6) is 11.5 Å². The van der Waals surface area contributed by atoms with E-state index < -0.39 is 5.91 Å². The summed E-state index contributed by atoms with van der Waals surface area (Å²) in [5.41, 5.74) is 2.39. The Morgan fingerprint density at radius 1 is 1.29 bits per heavy atom. The predicted molar refractivity (Wildman–Crippen MR) is 143 cm³/mol. The molecule has 35 heavy (non-hydrogen) atoms. The lowest BCUT2D eigenvalue weighted by molar-refractivity contribution is -0.113. The van der Waals surface area contributed by atoms with Gasteiger partial charge >= 0.3 is 0 Å². The molecule has 0 aliphatic carbocycles. The molecule has 0 aliphatic rings. The number of aromatic amines is 1. The van der Waals surface area contributed by atoms with Gasteiger partial charge in [0.25, 0.3) is 5.91 Å². The Kier molecular flexibility index (Phi) is 8.80. The molecule has 2 aromatic carbocycles. The van der Waals surface area contributed by atoms with Crippen LogP contribution < -0.4 is 15.1 Å². The maximum atomic E-state index is 12.2. The zero-order chi connectivity index (χ0) is 25.5. The van der Waals surface area contributed by atoms with Gasteiger partial charge < -0.3 is 15.0 Å². The van der Waals surface area contributed by atoms with Crippen LogP contribution in [0.1, 0.15) is 45.1 Å². The number of carbonyl (C=O) groups excluding carboxylic acids is 1. The molecule has 0 aliphatic heterocycles. The van der Waals surface area contributed by atoms with Crippen molar-refractivity contribution in [2.75, 3.05) is 12.1 Å². The third-order valence-electron chi connectivity index (χ3n) is 5.24. The van der Waals surface area contributed by atoms with E-state index in [1.807, 2.05) is 43.5 Å². The van der Waals surface area contributed by atoms with Gasteiger partial charge in [-0.2, -0.15) is 10.4 Å². The van der Waals surface area contributed by atoms with Gasteiger partial charge in [0, 0.05) is 30.3 Å². The van der Waals surface area contributed by atoms with Crippen molar-refractivity contribution in [2.45, 2.75) is 39.5 Å². The molecule has 9 heteroatoms. The molecule has 1 aromatic heterocycles. The number of amides is 1. The molecule has 0 unspecified atom stereocenters. The van der Waals surface area contributed by atoms with Crippen LogP contribution in [0.25, 0.3) is 10.9 Å². The number of nitrogens with zero attached hydrogens (tertiary/aromatic N) is 3. The lowest BCUT2D eigenvalue weighted by atomic mass is 10.0. The Hall–Kier alpha value is -3.47. The Labute approximate surface area is 215 Å². The van der Waals surface area contributed by atoms with Crippen LogP contribution in [0.3, 0.4) is 0 Å². The van der Waals surface area contributed by atoms with Crippen LogP contribution in [-0.4, -0.2) is 23.7 Å². The first-order valence-electron chi connectivity index (χ1n) is 11.2. The molecular weight excluding hydrogens is 485 g/mol. The van der Waals surface area contributed by atoms with E-state index in [1.54, 1.807) is 19.2 Å². The highest BCUT2D eigenvalue weighted by molar-refractivity contribution is 6.45. The maximum Gasteiger partial charge on any atom is 0.286 e.